The lowest BCUT2D eigenvalue weighted by Crippen LogP contribution is -2.27. The van der Waals surface area contributed by atoms with Crippen LogP contribution in [0.1, 0.15) is 0 Å². The number of rotatable bonds is 5. The Labute approximate surface area is 121 Å². The molecular weight excluding hydrogens is 282 g/mol. The zero-order valence-electron chi connectivity index (χ0n) is 11.0. The highest BCUT2D eigenvalue weighted by atomic mass is 35.5. The van der Waals surface area contributed by atoms with Gasteiger partial charge in [-0.3, -0.25) is 10.1 Å². The number of nitrogens with zero attached hydrogens (tertiary/aromatic N) is 3. The minimum atomic E-state index is -0.519. The first-order chi connectivity index (χ1) is 9.47. The first kappa shape index (κ1) is 14.3. The van der Waals surface area contributed by atoms with Crippen LogP contribution in [0.2, 0.25) is 5.02 Å². The third kappa shape index (κ3) is 3.24. The number of nitro benzene ring substituents is 1. The molecule has 0 radical (unpaired) electrons. The van der Waals surface area contributed by atoms with Gasteiger partial charge in [0.25, 0.3) is 5.69 Å². The van der Waals surface area contributed by atoms with Gasteiger partial charge in [0.2, 0.25) is 0 Å². The molecule has 108 valence electrons. The van der Waals surface area contributed by atoms with Crippen molar-refractivity contribution in [1.82, 2.24) is 9.80 Å². The summed E-state index contributed by atoms with van der Waals surface area (Å²) in [4.78, 5) is 14.5. The van der Waals surface area contributed by atoms with Crippen LogP contribution in [0.5, 0.6) is 0 Å². The quantitative estimate of drug-likeness (QED) is 0.490. The van der Waals surface area contributed by atoms with Gasteiger partial charge in [0.1, 0.15) is 5.69 Å². The van der Waals surface area contributed by atoms with Gasteiger partial charge in [0.05, 0.1) is 22.3 Å². The van der Waals surface area contributed by atoms with Crippen LogP contribution in [0.15, 0.2) is 24.5 Å². The monoisotopic (exact) mass is 297 g/mol. The molecular formula is C12H16ClN5O2. The lowest BCUT2D eigenvalue weighted by Gasteiger charge is -2.18. The molecule has 20 heavy (non-hydrogen) atoms. The maximum atomic E-state index is 10.8. The smallest absolute Gasteiger partial charge is 0.294 e. The Bertz CT molecular complexity index is 549. The van der Waals surface area contributed by atoms with Gasteiger partial charge in [-0.2, -0.15) is 0 Å². The molecule has 0 bridgehead atoms. The van der Waals surface area contributed by atoms with Gasteiger partial charge in [0.15, 0.2) is 0 Å². The van der Waals surface area contributed by atoms with Crippen LogP contribution in [0.4, 0.5) is 17.1 Å². The van der Waals surface area contributed by atoms with Crippen molar-refractivity contribution in [2.24, 2.45) is 0 Å². The molecule has 3 N–H and O–H groups in total. The molecule has 1 aromatic rings. The van der Waals surface area contributed by atoms with Crippen molar-refractivity contribution >= 4 is 28.7 Å². The van der Waals surface area contributed by atoms with E-state index < -0.39 is 4.92 Å². The molecule has 0 aromatic heterocycles. The van der Waals surface area contributed by atoms with Crippen LogP contribution in [-0.2, 0) is 0 Å². The molecule has 1 aliphatic heterocycles. The Hall–Kier alpha value is -2.15. The SMILES string of the molecule is CN1C=CN(CCNc2cc([N+](=O)[O-])c(N)cc2Cl)C1. The molecule has 0 aliphatic carbocycles. The van der Waals surface area contributed by atoms with Crippen molar-refractivity contribution in [1.29, 1.82) is 0 Å². The number of nitrogens with two attached hydrogens (primary N) is 1. The van der Waals surface area contributed by atoms with Gasteiger partial charge >= 0.3 is 0 Å². The zero-order chi connectivity index (χ0) is 14.7. The van der Waals surface area contributed by atoms with E-state index in [0.29, 0.717) is 17.3 Å². The Morgan fingerprint density at radius 3 is 2.85 bits per heavy atom. The Morgan fingerprint density at radius 2 is 2.25 bits per heavy atom. The van der Waals surface area contributed by atoms with Crippen LogP contribution in [0, 0.1) is 10.1 Å². The van der Waals surface area contributed by atoms with Gasteiger partial charge in [-0.15, -0.1) is 0 Å². The maximum absolute atomic E-state index is 10.8. The molecule has 0 amide bonds. The van der Waals surface area contributed by atoms with E-state index in [4.69, 9.17) is 17.3 Å². The second kappa shape index (κ2) is 5.87. The predicted octanol–water partition coefficient (Wildman–Crippen LogP) is 1.92. The second-order valence-corrected chi connectivity index (χ2v) is 4.99. The van der Waals surface area contributed by atoms with E-state index in [1.165, 1.54) is 12.1 Å². The molecule has 0 atom stereocenters. The third-order valence-electron chi connectivity index (χ3n) is 2.96. The molecule has 1 heterocycles. The Balaban J connectivity index is 1.97. The van der Waals surface area contributed by atoms with E-state index in [-0.39, 0.29) is 11.4 Å². The van der Waals surface area contributed by atoms with Gasteiger partial charge in [-0.25, -0.2) is 0 Å². The normalized spacial score (nSPS) is 13.9. The molecule has 0 spiro atoms. The molecule has 0 fully saturated rings. The summed E-state index contributed by atoms with van der Waals surface area (Å²) in [6.45, 7) is 2.23. The second-order valence-electron chi connectivity index (χ2n) is 4.58. The number of anilines is 2. The van der Waals surface area contributed by atoms with Crippen molar-refractivity contribution in [3.63, 3.8) is 0 Å². The topological polar surface area (TPSA) is 87.7 Å². The molecule has 1 aliphatic rings. The fraction of sp³-hybridized carbons (Fsp3) is 0.333. The third-order valence-corrected chi connectivity index (χ3v) is 3.28. The van der Waals surface area contributed by atoms with Crippen molar-refractivity contribution in [2.75, 3.05) is 37.9 Å². The van der Waals surface area contributed by atoms with E-state index in [0.717, 1.165) is 13.2 Å². The van der Waals surface area contributed by atoms with E-state index in [9.17, 15) is 10.1 Å². The maximum Gasteiger partial charge on any atom is 0.294 e. The number of nitro groups is 1. The molecule has 0 saturated carbocycles. The highest BCUT2D eigenvalue weighted by molar-refractivity contribution is 6.33. The average molecular weight is 298 g/mol. The Kier molecular flexibility index (Phi) is 4.19. The summed E-state index contributed by atoms with van der Waals surface area (Å²) in [6, 6.07) is 2.76. The number of benzene rings is 1. The van der Waals surface area contributed by atoms with Gasteiger partial charge < -0.3 is 20.9 Å². The largest absolute Gasteiger partial charge is 0.393 e. The van der Waals surface area contributed by atoms with Crippen LogP contribution in [0.3, 0.4) is 0 Å². The van der Waals surface area contributed by atoms with Crippen molar-refractivity contribution in [3.8, 4) is 0 Å². The van der Waals surface area contributed by atoms with Gasteiger partial charge in [-0.1, -0.05) is 11.6 Å². The molecule has 8 heteroatoms. The van der Waals surface area contributed by atoms with E-state index in [1.54, 1.807) is 0 Å². The molecule has 0 unspecified atom stereocenters. The molecule has 2 rings (SSSR count). The van der Waals surface area contributed by atoms with Crippen LogP contribution in [0.25, 0.3) is 0 Å². The summed E-state index contributed by atoms with van der Waals surface area (Å²) in [7, 11) is 1.99. The first-order valence-electron chi connectivity index (χ1n) is 6.07. The van der Waals surface area contributed by atoms with E-state index in [2.05, 4.69) is 15.1 Å². The number of nitrogens with one attached hydrogen (secondary N) is 1. The fourth-order valence-corrected chi connectivity index (χ4v) is 2.18. The summed E-state index contributed by atoms with van der Waals surface area (Å²) in [5.41, 5.74) is 6.00. The standard InChI is InChI=1S/C12H16ClN5O2/c1-16-4-5-17(8-16)3-2-15-11-7-12(18(19)20)10(14)6-9(11)13/h4-7,15H,2-3,8,14H2,1H3. The highest BCUT2D eigenvalue weighted by Gasteiger charge is 2.15. The summed E-state index contributed by atoms with van der Waals surface area (Å²) >= 11 is 6.02. The average Bonchev–Trinajstić information content (AvgIpc) is 2.77. The number of nitrogen functional groups attached to an aromatic ring is 1. The lowest BCUT2D eigenvalue weighted by atomic mass is 10.2. The summed E-state index contributed by atoms with van der Waals surface area (Å²) in [5.74, 6) is 0. The number of hydrogen-bond donors (Lipinski definition) is 2. The molecule has 7 nitrogen and oxygen atoms in total. The van der Waals surface area contributed by atoms with Crippen molar-refractivity contribution < 1.29 is 4.92 Å². The molecule has 1 aromatic carbocycles. The predicted molar refractivity (Wildman–Crippen MR) is 79.5 cm³/mol. The van der Waals surface area contributed by atoms with Crippen molar-refractivity contribution in [2.45, 2.75) is 0 Å². The zero-order valence-corrected chi connectivity index (χ0v) is 11.8. The van der Waals surface area contributed by atoms with E-state index >= 15 is 0 Å². The Morgan fingerprint density at radius 1 is 1.50 bits per heavy atom. The van der Waals surface area contributed by atoms with Gasteiger partial charge in [-0.05, 0) is 6.07 Å². The van der Waals surface area contributed by atoms with Crippen molar-refractivity contribution in [3.05, 3.63) is 39.7 Å². The number of halogens is 1. The minimum Gasteiger partial charge on any atom is -0.393 e. The molecule has 0 saturated heterocycles. The highest BCUT2D eigenvalue weighted by Crippen LogP contribution is 2.32. The van der Waals surface area contributed by atoms with Crippen LogP contribution in [-0.4, -0.2) is 41.5 Å². The lowest BCUT2D eigenvalue weighted by molar-refractivity contribution is -0.383. The van der Waals surface area contributed by atoms with E-state index in [1.807, 2.05) is 19.4 Å². The van der Waals surface area contributed by atoms with Crippen LogP contribution >= 0.6 is 11.6 Å². The summed E-state index contributed by atoms with van der Waals surface area (Å²) < 4.78 is 0. The fourth-order valence-electron chi connectivity index (χ4n) is 1.94. The summed E-state index contributed by atoms with van der Waals surface area (Å²) in [5, 5.41) is 14.3. The van der Waals surface area contributed by atoms with Gasteiger partial charge in [0, 0.05) is 38.6 Å². The number of hydrogen-bond acceptors (Lipinski definition) is 6. The summed E-state index contributed by atoms with van der Waals surface area (Å²) in [6.07, 6.45) is 3.98. The van der Waals surface area contributed by atoms with Crippen LogP contribution < -0.4 is 11.1 Å². The first-order valence-corrected chi connectivity index (χ1v) is 6.45. The minimum absolute atomic E-state index is 0.0645.